The molecule has 0 spiro atoms. The van der Waals surface area contributed by atoms with Crippen molar-refractivity contribution in [2.75, 3.05) is 6.54 Å². The summed E-state index contributed by atoms with van der Waals surface area (Å²) in [5.74, 6) is 5.80. The quantitative estimate of drug-likeness (QED) is 0.715. The Kier molecular flexibility index (Phi) is 4.82. The van der Waals surface area contributed by atoms with Gasteiger partial charge in [-0.2, -0.15) is 0 Å². The van der Waals surface area contributed by atoms with Gasteiger partial charge < -0.3 is 16.4 Å². The number of amides is 2. The van der Waals surface area contributed by atoms with E-state index in [1.54, 1.807) is 0 Å². The lowest BCUT2D eigenvalue weighted by atomic mass is 9.93. The first-order chi connectivity index (χ1) is 9.28. The van der Waals surface area contributed by atoms with Crippen molar-refractivity contribution in [2.45, 2.75) is 31.8 Å². The molecule has 1 aliphatic rings. The minimum Gasteiger partial charge on any atom is -0.335 e. The first kappa shape index (κ1) is 13.4. The Morgan fingerprint density at radius 2 is 2.26 bits per heavy atom. The van der Waals surface area contributed by atoms with E-state index in [0.717, 1.165) is 24.0 Å². The van der Waals surface area contributed by atoms with E-state index in [1.165, 1.54) is 6.42 Å². The number of nitrogens with two attached hydrogens (primary N) is 1. The van der Waals surface area contributed by atoms with Crippen LogP contribution in [0.1, 0.15) is 30.4 Å². The number of nitrogens with one attached hydrogen (secondary N) is 2. The van der Waals surface area contributed by atoms with Crippen molar-refractivity contribution in [3.8, 4) is 11.8 Å². The van der Waals surface area contributed by atoms with E-state index in [9.17, 15) is 4.79 Å². The van der Waals surface area contributed by atoms with E-state index in [1.807, 2.05) is 24.3 Å². The third-order valence-electron chi connectivity index (χ3n) is 3.16. The van der Waals surface area contributed by atoms with E-state index in [4.69, 9.17) is 5.73 Å². The molecule has 0 radical (unpaired) electrons. The van der Waals surface area contributed by atoms with Gasteiger partial charge in [-0.3, -0.25) is 0 Å². The predicted octanol–water partition coefficient (Wildman–Crippen LogP) is 1.35. The van der Waals surface area contributed by atoms with E-state index in [2.05, 4.69) is 22.5 Å². The van der Waals surface area contributed by atoms with Gasteiger partial charge in [0.05, 0.1) is 6.54 Å². The van der Waals surface area contributed by atoms with Gasteiger partial charge in [-0.25, -0.2) is 4.79 Å². The molecule has 4 N–H and O–H groups in total. The van der Waals surface area contributed by atoms with Crippen molar-refractivity contribution in [2.24, 2.45) is 5.73 Å². The maximum Gasteiger partial charge on any atom is 0.315 e. The summed E-state index contributed by atoms with van der Waals surface area (Å²) in [6.07, 6.45) is 3.40. The summed E-state index contributed by atoms with van der Waals surface area (Å²) in [5, 5.41) is 5.80. The Bertz CT molecular complexity index is 498. The van der Waals surface area contributed by atoms with Gasteiger partial charge >= 0.3 is 6.03 Å². The molecule has 1 saturated carbocycles. The molecule has 4 heteroatoms. The normalized spacial score (nSPS) is 13.9. The Morgan fingerprint density at radius 1 is 1.42 bits per heavy atom. The average molecular weight is 257 g/mol. The number of hydrogen-bond donors (Lipinski definition) is 3. The summed E-state index contributed by atoms with van der Waals surface area (Å²) in [4.78, 5) is 11.6. The molecule has 0 atom stereocenters. The molecule has 0 aromatic heterocycles. The van der Waals surface area contributed by atoms with Crippen LogP contribution in [0.5, 0.6) is 0 Å². The lowest BCUT2D eigenvalue weighted by Crippen LogP contribution is -2.44. The third kappa shape index (κ3) is 4.31. The topological polar surface area (TPSA) is 67.1 Å². The third-order valence-corrected chi connectivity index (χ3v) is 3.16. The molecule has 0 unspecified atom stereocenters. The fourth-order valence-electron chi connectivity index (χ4n) is 1.88. The number of carbonyl (C=O) groups excluding carboxylic acids is 1. The molecule has 4 nitrogen and oxygen atoms in total. The summed E-state index contributed by atoms with van der Waals surface area (Å²) in [7, 11) is 0. The zero-order valence-electron chi connectivity index (χ0n) is 10.9. The molecule has 2 rings (SSSR count). The lowest BCUT2D eigenvalue weighted by Gasteiger charge is -2.26. The molecule has 100 valence electrons. The molecule has 2 amide bonds. The first-order valence-electron chi connectivity index (χ1n) is 6.60. The van der Waals surface area contributed by atoms with E-state index in [0.29, 0.717) is 19.1 Å². The molecule has 19 heavy (non-hydrogen) atoms. The van der Waals surface area contributed by atoms with Gasteiger partial charge in [0.15, 0.2) is 0 Å². The average Bonchev–Trinajstić information content (AvgIpc) is 2.39. The zero-order chi connectivity index (χ0) is 13.5. The van der Waals surface area contributed by atoms with Crippen molar-refractivity contribution in [1.82, 2.24) is 10.6 Å². The van der Waals surface area contributed by atoms with Crippen molar-refractivity contribution in [3.63, 3.8) is 0 Å². The maximum atomic E-state index is 11.6. The van der Waals surface area contributed by atoms with Crippen LogP contribution in [0.4, 0.5) is 4.79 Å². The molecule has 0 aliphatic heterocycles. The number of benzene rings is 1. The van der Waals surface area contributed by atoms with Gasteiger partial charge in [0.25, 0.3) is 0 Å². The predicted molar refractivity (Wildman–Crippen MR) is 75.4 cm³/mol. The van der Waals surface area contributed by atoms with Crippen molar-refractivity contribution < 1.29 is 4.79 Å². The first-order valence-corrected chi connectivity index (χ1v) is 6.60. The molecule has 0 bridgehead atoms. The summed E-state index contributed by atoms with van der Waals surface area (Å²) in [6, 6.07) is 8.07. The minimum atomic E-state index is -0.0943. The highest BCUT2D eigenvalue weighted by Crippen LogP contribution is 2.17. The Balaban J connectivity index is 1.82. The van der Waals surface area contributed by atoms with E-state index < -0.39 is 0 Å². The Morgan fingerprint density at radius 3 is 2.95 bits per heavy atom. The maximum absolute atomic E-state index is 11.6. The largest absolute Gasteiger partial charge is 0.335 e. The second-order valence-electron chi connectivity index (χ2n) is 4.66. The molecule has 1 aromatic carbocycles. The van der Waals surface area contributed by atoms with E-state index in [-0.39, 0.29) is 6.03 Å². The molecule has 1 aromatic rings. The van der Waals surface area contributed by atoms with Gasteiger partial charge in [-0.1, -0.05) is 24.0 Å². The van der Waals surface area contributed by atoms with Gasteiger partial charge in [-0.05, 0) is 37.0 Å². The minimum absolute atomic E-state index is 0.0943. The van der Waals surface area contributed by atoms with Crippen molar-refractivity contribution >= 4 is 6.03 Å². The van der Waals surface area contributed by atoms with Gasteiger partial charge in [0.1, 0.15) is 0 Å². The van der Waals surface area contributed by atoms with Crippen LogP contribution in [-0.2, 0) is 6.54 Å². The number of carbonyl (C=O) groups is 1. The van der Waals surface area contributed by atoms with Crippen molar-refractivity contribution in [1.29, 1.82) is 0 Å². The lowest BCUT2D eigenvalue weighted by molar-refractivity contribution is 0.228. The summed E-state index contributed by atoms with van der Waals surface area (Å²) in [5.41, 5.74) is 7.29. The highest BCUT2D eigenvalue weighted by Gasteiger charge is 2.18. The van der Waals surface area contributed by atoms with Gasteiger partial charge in [0, 0.05) is 18.2 Å². The molecule has 1 fully saturated rings. The summed E-state index contributed by atoms with van der Waals surface area (Å²) < 4.78 is 0. The SMILES string of the molecule is NCC#Cc1cccc(CNC(=O)NC2CCC2)c1. The van der Waals surface area contributed by atoms with Gasteiger partial charge in [0.2, 0.25) is 0 Å². The molecule has 1 aliphatic carbocycles. The summed E-state index contributed by atoms with van der Waals surface area (Å²) >= 11 is 0. The molecular formula is C15H19N3O. The second-order valence-corrected chi connectivity index (χ2v) is 4.66. The van der Waals surface area contributed by atoms with Crippen LogP contribution in [0.3, 0.4) is 0 Å². The van der Waals surface area contributed by atoms with Crippen LogP contribution in [0, 0.1) is 11.8 Å². The number of urea groups is 1. The van der Waals surface area contributed by atoms with Crippen LogP contribution in [0.25, 0.3) is 0 Å². The molecular weight excluding hydrogens is 238 g/mol. The van der Waals surface area contributed by atoms with Crippen LogP contribution in [0.2, 0.25) is 0 Å². The number of hydrogen-bond acceptors (Lipinski definition) is 2. The Labute approximate surface area is 113 Å². The van der Waals surface area contributed by atoms with E-state index >= 15 is 0 Å². The summed E-state index contributed by atoms with van der Waals surface area (Å²) in [6.45, 7) is 0.864. The monoisotopic (exact) mass is 257 g/mol. The van der Waals surface area contributed by atoms with Crippen LogP contribution in [-0.4, -0.2) is 18.6 Å². The zero-order valence-corrected chi connectivity index (χ0v) is 10.9. The highest BCUT2D eigenvalue weighted by atomic mass is 16.2. The van der Waals surface area contributed by atoms with Crippen LogP contribution < -0.4 is 16.4 Å². The van der Waals surface area contributed by atoms with Crippen molar-refractivity contribution in [3.05, 3.63) is 35.4 Å². The Hall–Kier alpha value is -1.99. The fourth-order valence-corrected chi connectivity index (χ4v) is 1.88. The molecule has 0 saturated heterocycles. The van der Waals surface area contributed by atoms with Crippen LogP contribution >= 0.6 is 0 Å². The number of rotatable bonds is 3. The second kappa shape index (κ2) is 6.81. The smallest absolute Gasteiger partial charge is 0.315 e. The standard InChI is InChI=1S/C15H19N3O/c16-9-3-6-12-4-1-5-13(10-12)11-17-15(19)18-14-7-2-8-14/h1,4-5,10,14H,2,7-9,11,16H2,(H2,17,18,19). The molecule has 0 heterocycles. The van der Waals surface area contributed by atoms with Gasteiger partial charge in [-0.15, -0.1) is 0 Å². The fraction of sp³-hybridized carbons (Fsp3) is 0.400. The highest BCUT2D eigenvalue weighted by molar-refractivity contribution is 5.74. The van der Waals surface area contributed by atoms with Crippen LogP contribution in [0.15, 0.2) is 24.3 Å².